The molecule has 0 spiro atoms. The van der Waals surface area contributed by atoms with Crippen molar-refractivity contribution in [2.45, 2.75) is 13.3 Å². The number of amides is 1. The van der Waals surface area contributed by atoms with E-state index in [0.29, 0.717) is 23.6 Å². The van der Waals surface area contributed by atoms with Crippen LogP contribution in [0.5, 0.6) is 0 Å². The van der Waals surface area contributed by atoms with Crippen LogP contribution in [0.2, 0.25) is 0 Å². The quantitative estimate of drug-likeness (QED) is 0.865. The molecule has 2 aromatic rings. The van der Waals surface area contributed by atoms with Crippen molar-refractivity contribution in [1.82, 2.24) is 9.97 Å². The van der Waals surface area contributed by atoms with Crippen LogP contribution in [0.4, 0.5) is 5.69 Å². The molecule has 7 nitrogen and oxygen atoms in total. The van der Waals surface area contributed by atoms with Gasteiger partial charge in [0, 0.05) is 23.0 Å². The maximum atomic E-state index is 12.1. The summed E-state index contributed by atoms with van der Waals surface area (Å²) in [6.07, 6.45) is 0.362. The molecule has 8 heteroatoms. The number of hydrogen-bond acceptors (Lipinski definition) is 5. The van der Waals surface area contributed by atoms with Crippen LogP contribution in [0.25, 0.3) is 11.4 Å². The van der Waals surface area contributed by atoms with Crippen LogP contribution >= 0.6 is 0 Å². The molecule has 1 aromatic carbocycles. The third-order valence-electron chi connectivity index (χ3n) is 3.90. The summed E-state index contributed by atoms with van der Waals surface area (Å²) in [7, 11) is -3.09. The van der Waals surface area contributed by atoms with E-state index in [0.717, 1.165) is 5.56 Å². The lowest BCUT2D eigenvalue weighted by atomic mass is 10.1. The number of rotatable bonds is 3. The largest absolute Gasteiger partial charge is 0.326 e. The van der Waals surface area contributed by atoms with Gasteiger partial charge >= 0.3 is 0 Å². The van der Waals surface area contributed by atoms with Crippen molar-refractivity contribution in [1.29, 1.82) is 0 Å². The highest BCUT2D eigenvalue weighted by Gasteiger charge is 2.32. The second-order valence-corrected chi connectivity index (χ2v) is 8.13. The Morgan fingerprint density at radius 2 is 2.00 bits per heavy atom. The molecule has 1 unspecified atom stereocenters. The molecule has 3 rings (SSSR count). The molecule has 1 aliphatic heterocycles. The zero-order chi connectivity index (χ0) is 17.3. The van der Waals surface area contributed by atoms with E-state index in [2.05, 4.69) is 15.3 Å². The number of carbonyl (C=O) groups excluding carboxylic acids is 1. The van der Waals surface area contributed by atoms with E-state index in [1.165, 1.54) is 6.07 Å². The van der Waals surface area contributed by atoms with Gasteiger partial charge in [-0.15, -0.1) is 0 Å². The predicted molar refractivity (Wildman–Crippen MR) is 90.4 cm³/mol. The number of benzene rings is 1. The Morgan fingerprint density at radius 1 is 1.29 bits per heavy atom. The standard InChI is InChI=1S/C16H17N3O4S/c1-10-8-14(20)19-15(17-10)11-2-4-13(5-3-11)18-16(21)12-6-7-24(22,23)9-12/h2-5,8,12H,6-7,9H2,1H3,(H,18,21)(H,17,19,20). The zero-order valence-corrected chi connectivity index (χ0v) is 13.9. The number of nitrogens with one attached hydrogen (secondary N) is 2. The second-order valence-electron chi connectivity index (χ2n) is 5.90. The van der Waals surface area contributed by atoms with Crippen LogP contribution in [0.15, 0.2) is 35.1 Å². The lowest BCUT2D eigenvalue weighted by Crippen LogP contribution is -2.23. The molecule has 1 atom stereocenters. The first-order valence-corrected chi connectivity index (χ1v) is 9.34. The van der Waals surface area contributed by atoms with Crippen LogP contribution in [0.1, 0.15) is 12.1 Å². The Hall–Kier alpha value is -2.48. The van der Waals surface area contributed by atoms with Gasteiger partial charge in [0.25, 0.3) is 5.56 Å². The van der Waals surface area contributed by atoms with Crippen molar-refractivity contribution in [3.05, 3.63) is 46.4 Å². The van der Waals surface area contributed by atoms with Crippen molar-refractivity contribution in [3.63, 3.8) is 0 Å². The van der Waals surface area contributed by atoms with Gasteiger partial charge in [0.2, 0.25) is 5.91 Å². The number of aromatic amines is 1. The van der Waals surface area contributed by atoms with Gasteiger partial charge in [0.1, 0.15) is 5.82 Å². The minimum atomic E-state index is -3.09. The van der Waals surface area contributed by atoms with Gasteiger partial charge in [-0.25, -0.2) is 13.4 Å². The number of hydrogen-bond donors (Lipinski definition) is 2. The Labute approximate surface area is 139 Å². The van der Waals surface area contributed by atoms with Crippen molar-refractivity contribution in [3.8, 4) is 11.4 Å². The summed E-state index contributed by atoms with van der Waals surface area (Å²) in [4.78, 5) is 30.5. The topological polar surface area (TPSA) is 109 Å². The number of nitrogens with zero attached hydrogens (tertiary/aromatic N) is 1. The Morgan fingerprint density at radius 3 is 2.58 bits per heavy atom. The second kappa shape index (κ2) is 6.20. The highest BCUT2D eigenvalue weighted by atomic mass is 32.2. The molecule has 0 saturated carbocycles. The molecule has 0 bridgehead atoms. The van der Waals surface area contributed by atoms with Crippen molar-refractivity contribution < 1.29 is 13.2 Å². The molecule has 126 valence electrons. The lowest BCUT2D eigenvalue weighted by molar-refractivity contribution is -0.119. The normalized spacial score (nSPS) is 19.1. The van der Waals surface area contributed by atoms with Crippen LogP contribution in [0.3, 0.4) is 0 Å². The SMILES string of the molecule is Cc1cc(=O)[nH]c(-c2ccc(NC(=O)C3CCS(=O)(=O)C3)cc2)n1. The molecule has 1 aromatic heterocycles. The average Bonchev–Trinajstić information content (AvgIpc) is 2.87. The minimum absolute atomic E-state index is 0.0659. The lowest BCUT2D eigenvalue weighted by Gasteiger charge is -2.10. The highest BCUT2D eigenvalue weighted by molar-refractivity contribution is 7.91. The van der Waals surface area contributed by atoms with E-state index >= 15 is 0 Å². The average molecular weight is 347 g/mol. The summed E-state index contributed by atoms with van der Waals surface area (Å²) in [6.45, 7) is 1.74. The fourth-order valence-electron chi connectivity index (χ4n) is 2.67. The van der Waals surface area contributed by atoms with Gasteiger partial charge in [-0.1, -0.05) is 0 Å². The number of aryl methyl sites for hydroxylation is 1. The molecule has 1 aliphatic rings. The Balaban J connectivity index is 1.73. The molecule has 1 saturated heterocycles. The number of anilines is 1. The third kappa shape index (κ3) is 3.70. The van der Waals surface area contributed by atoms with Gasteiger partial charge in [-0.3, -0.25) is 9.59 Å². The zero-order valence-electron chi connectivity index (χ0n) is 13.1. The molecule has 2 N–H and O–H groups in total. The van der Waals surface area contributed by atoms with Gasteiger partial charge < -0.3 is 10.3 Å². The molecule has 1 amide bonds. The third-order valence-corrected chi connectivity index (χ3v) is 5.67. The van der Waals surface area contributed by atoms with Crippen molar-refractivity contribution >= 4 is 21.4 Å². The van der Waals surface area contributed by atoms with Gasteiger partial charge in [-0.2, -0.15) is 0 Å². The number of aromatic nitrogens is 2. The first-order chi connectivity index (χ1) is 11.3. The van der Waals surface area contributed by atoms with Crippen molar-refractivity contribution in [2.24, 2.45) is 5.92 Å². The van der Waals surface area contributed by atoms with Crippen LogP contribution in [-0.2, 0) is 14.6 Å². The van der Waals surface area contributed by atoms with E-state index < -0.39 is 15.8 Å². The fourth-order valence-corrected chi connectivity index (χ4v) is 4.41. The first kappa shape index (κ1) is 16.4. The molecular formula is C16H17N3O4S. The highest BCUT2D eigenvalue weighted by Crippen LogP contribution is 2.22. The number of sulfone groups is 1. The van der Waals surface area contributed by atoms with E-state index in [4.69, 9.17) is 0 Å². The molecule has 24 heavy (non-hydrogen) atoms. The van der Waals surface area contributed by atoms with Crippen molar-refractivity contribution in [2.75, 3.05) is 16.8 Å². The summed E-state index contributed by atoms with van der Waals surface area (Å²) in [5.74, 6) is -0.350. The fraction of sp³-hybridized carbons (Fsp3) is 0.312. The molecular weight excluding hydrogens is 330 g/mol. The molecule has 0 radical (unpaired) electrons. The first-order valence-electron chi connectivity index (χ1n) is 7.52. The van der Waals surface area contributed by atoms with E-state index in [-0.39, 0.29) is 23.0 Å². The summed E-state index contributed by atoms with van der Waals surface area (Å²) in [5, 5.41) is 2.73. The minimum Gasteiger partial charge on any atom is -0.326 e. The molecule has 2 heterocycles. The Bertz CT molecular complexity index is 933. The maximum Gasteiger partial charge on any atom is 0.251 e. The van der Waals surface area contributed by atoms with E-state index in [9.17, 15) is 18.0 Å². The van der Waals surface area contributed by atoms with E-state index in [1.54, 1.807) is 31.2 Å². The summed E-state index contributed by atoms with van der Waals surface area (Å²) in [5.41, 5.74) is 1.69. The molecule has 1 fully saturated rings. The summed E-state index contributed by atoms with van der Waals surface area (Å²) >= 11 is 0. The Kier molecular flexibility index (Phi) is 4.23. The smallest absolute Gasteiger partial charge is 0.251 e. The predicted octanol–water partition coefficient (Wildman–Crippen LogP) is 1.12. The van der Waals surface area contributed by atoms with E-state index in [1.807, 2.05) is 0 Å². The van der Waals surface area contributed by atoms with Crippen LogP contribution < -0.4 is 10.9 Å². The number of H-pyrrole nitrogens is 1. The summed E-state index contributed by atoms with van der Waals surface area (Å²) in [6, 6.07) is 8.27. The monoisotopic (exact) mass is 347 g/mol. The summed E-state index contributed by atoms with van der Waals surface area (Å²) < 4.78 is 22.9. The maximum absolute atomic E-state index is 12.1. The molecule has 0 aliphatic carbocycles. The van der Waals surface area contributed by atoms with Gasteiger partial charge in [0.05, 0.1) is 17.4 Å². The van der Waals surface area contributed by atoms with Crippen LogP contribution in [0, 0.1) is 12.8 Å². The van der Waals surface area contributed by atoms with Gasteiger partial charge in [-0.05, 0) is 37.6 Å². The van der Waals surface area contributed by atoms with Crippen LogP contribution in [-0.4, -0.2) is 35.8 Å². The number of carbonyl (C=O) groups is 1. The van der Waals surface area contributed by atoms with Gasteiger partial charge in [0.15, 0.2) is 9.84 Å².